The fourth-order valence-corrected chi connectivity index (χ4v) is 7.73. The summed E-state index contributed by atoms with van der Waals surface area (Å²) in [4.78, 5) is 25.6. The van der Waals surface area contributed by atoms with Gasteiger partial charge in [0.15, 0.2) is 11.5 Å². The van der Waals surface area contributed by atoms with Gasteiger partial charge in [-0.1, -0.05) is 124 Å². The van der Waals surface area contributed by atoms with E-state index in [1.54, 1.807) is 12.1 Å². The minimum atomic E-state index is -3.29. The van der Waals surface area contributed by atoms with Crippen LogP contribution in [-0.4, -0.2) is 51.8 Å². The Morgan fingerprint density at radius 1 is 0.774 bits per heavy atom. The molecule has 1 saturated heterocycles. The number of hydrogen-bond donors (Lipinski definition) is 2. The zero-order valence-corrected chi connectivity index (χ0v) is 34.6. The third kappa shape index (κ3) is 13.4. The van der Waals surface area contributed by atoms with Crippen molar-refractivity contribution in [2.45, 2.75) is 90.9 Å². The molecule has 1 heterocycles. The van der Waals surface area contributed by atoms with Crippen LogP contribution in [0.1, 0.15) is 90.0 Å². The summed E-state index contributed by atoms with van der Waals surface area (Å²) in [5, 5.41) is 2.32. The lowest BCUT2D eigenvalue weighted by Crippen LogP contribution is -2.36. The Morgan fingerprint density at radius 3 is 1.96 bits per heavy atom. The van der Waals surface area contributed by atoms with Crippen molar-refractivity contribution < 1.29 is 13.2 Å². The SMILES string of the molecule is CCCCCCCCCCCCCc1ccc(Cl)c(N=C2NN(c3c(Cl)cc(Cl)cc3Cl)C(=O)C2=Nc2ccc(N(CC)CCNS(C)(=O)=O)cc2)c1. The number of amides is 1. The van der Waals surface area contributed by atoms with Gasteiger partial charge in [-0.3, -0.25) is 10.2 Å². The standard InChI is InChI=1S/C39H50Cl4N6O3S/c1-4-6-7-8-9-10-11-12-13-14-15-16-28-17-22-32(41)35(25-28)46-38-36(39(50)49(47-38)37-33(42)26-29(40)27-34(37)43)45-30-18-20-31(21-19-30)48(5-2)24-23-44-53(3,51)52/h17-22,25-27,44H,4-16,23-24H2,1-3H3,(H,46,47). The van der Waals surface area contributed by atoms with Crippen LogP contribution >= 0.6 is 46.4 Å². The Morgan fingerprint density at radius 2 is 1.38 bits per heavy atom. The number of hydrazine groups is 1. The van der Waals surface area contributed by atoms with Crippen molar-refractivity contribution in [1.29, 1.82) is 0 Å². The van der Waals surface area contributed by atoms with E-state index < -0.39 is 15.9 Å². The molecule has 3 aromatic rings. The van der Waals surface area contributed by atoms with Crippen LogP contribution in [0, 0.1) is 0 Å². The van der Waals surface area contributed by atoms with Crippen LogP contribution in [0.25, 0.3) is 0 Å². The third-order valence-corrected chi connectivity index (χ3v) is 10.8. The second-order valence-corrected chi connectivity index (χ2v) is 16.7. The summed E-state index contributed by atoms with van der Waals surface area (Å²) in [6, 6.07) is 16.1. The first kappa shape index (κ1) is 42.9. The van der Waals surface area contributed by atoms with Crippen LogP contribution in [0.15, 0.2) is 64.6 Å². The molecular formula is C39H50Cl4N6O3S. The Balaban J connectivity index is 1.53. The summed E-state index contributed by atoms with van der Waals surface area (Å²) in [7, 11) is -3.29. The number of halogens is 4. The normalized spacial score (nSPS) is 14.8. The first-order valence-corrected chi connectivity index (χ1v) is 21.8. The maximum Gasteiger partial charge on any atom is 0.299 e. The van der Waals surface area contributed by atoms with Gasteiger partial charge in [-0.25, -0.2) is 28.1 Å². The van der Waals surface area contributed by atoms with Gasteiger partial charge in [-0.2, -0.15) is 0 Å². The Bertz CT molecular complexity index is 1830. The minimum absolute atomic E-state index is 0.0383. The number of rotatable bonds is 21. The van der Waals surface area contributed by atoms with Crippen molar-refractivity contribution in [3.8, 4) is 0 Å². The van der Waals surface area contributed by atoms with Gasteiger partial charge in [0.25, 0.3) is 5.91 Å². The summed E-state index contributed by atoms with van der Waals surface area (Å²) in [6.45, 7) is 5.65. The average Bonchev–Trinajstić information content (AvgIpc) is 3.39. The summed E-state index contributed by atoms with van der Waals surface area (Å²) in [5.41, 5.74) is 6.30. The van der Waals surface area contributed by atoms with E-state index in [1.165, 1.54) is 81.3 Å². The zero-order valence-electron chi connectivity index (χ0n) is 30.7. The van der Waals surface area contributed by atoms with E-state index in [0.717, 1.165) is 30.3 Å². The van der Waals surface area contributed by atoms with Gasteiger partial charge in [0.05, 0.1) is 32.7 Å². The van der Waals surface area contributed by atoms with E-state index in [2.05, 4.69) is 17.1 Å². The predicted molar refractivity (Wildman–Crippen MR) is 225 cm³/mol. The highest BCUT2D eigenvalue weighted by molar-refractivity contribution is 7.88. The summed E-state index contributed by atoms with van der Waals surface area (Å²) >= 11 is 25.9. The first-order chi connectivity index (χ1) is 25.4. The van der Waals surface area contributed by atoms with Crippen molar-refractivity contribution in [3.63, 3.8) is 0 Å². The van der Waals surface area contributed by atoms with Crippen LogP contribution < -0.4 is 20.1 Å². The number of carbonyl (C=O) groups is 1. The molecule has 1 aliphatic heterocycles. The van der Waals surface area contributed by atoms with E-state index in [9.17, 15) is 13.2 Å². The highest BCUT2D eigenvalue weighted by Gasteiger charge is 2.37. The number of hydrogen-bond acceptors (Lipinski definition) is 6. The summed E-state index contributed by atoms with van der Waals surface area (Å²) in [6.07, 6.45) is 16.1. The number of likely N-dealkylation sites (N-methyl/N-ethyl adjacent to an activating group) is 1. The number of nitrogens with one attached hydrogen (secondary N) is 2. The molecule has 4 rings (SSSR count). The third-order valence-electron chi connectivity index (χ3n) is 8.95. The van der Waals surface area contributed by atoms with Crippen LogP contribution in [0.2, 0.25) is 20.1 Å². The molecule has 14 heteroatoms. The molecule has 53 heavy (non-hydrogen) atoms. The molecule has 1 aliphatic rings. The largest absolute Gasteiger partial charge is 0.370 e. The molecule has 3 aromatic carbocycles. The quantitative estimate of drug-likeness (QED) is 0.104. The highest BCUT2D eigenvalue weighted by atomic mass is 35.5. The first-order valence-electron chi connectivity index (χ1n) is 18.4. The van der Waals surface area contributed by atoms with Gasteiger partial charge >= 0.3 is 0 Å². The number of amidine groups is 1. The number of nitrogens with zero attached hydrogens (tertiary/aromatic N) is 4. The average molecular weight is 825 g/mol. The second-order valence-electron chi connectivity index (χ2n) is 13.2. The molecule has 0 aliphatic carbocycles. The molecule has 0 saturated carbocycles. The number of benzene rings is 3. The molecule has 0 unspecified atom stereocenters. The maximum atomic E-state index is 14.0. The molecule has 0 atom stereocenters. The van der Waals surface area contributed by atoms with E-state index in [-0.39, 0.29) is 33.8 Å². The fraction of sp³-hybridized carbons (Fsp3) is 0.462. The zero-order chi connectivity index (χ0) is 38.4. The molecule has 0 aromatic heterocycles. The number of unbranched alkanes of at least 4 members (excludes halogenated alkanes) is 10. The number of aryl methyl sites for hydroxylation is 1. The number of anilines is 2. The van der Waals surface area contributed by atoms with Crippen LogP contribution in [0.3, 0.4) is 0 Å². The van der Waals surface area contributed by atoms with Crippen molar-refractivity contribution in [2.75, 3.05) is 35.8 Å². The van der Waals surface area contributed by atoms with Gasteiger partial charge in [0, 0.05) is 30.3 Å². The van der Waals surface area contributed by atoms with Crippen molar-refractivity contribution >= 4 is 96.6 Å². The van der Waals surface area contributed by atoms with E-state index in [0.29, 0.717) is 34.5 Å². The Labute approximate surface area is 335 Å². The van der Waals surface area contributed by atoms with Crippen LogP contribution in [0.4, 0.5) is 22.7 Å². The number of carbonyl (C=O) groups excluding carboxylic acids is 1. The maximum absolute atomic E-state index is 14.0. The van der Waals surface area contributed by atoms with Crippen LogP contribution in [-0.2, 0) is 21.2 Å². The molecule has 0 radical (unpaired) electrons. The van der Waals surface area contributed by atoms with Crippen molar-refractivity contribution in [2.24, 2.45) is 9.98 Å². The van der Waals surface area contributed by atoms with Crippen molar-refractivity contribution in [1.82, 2.24) is 10.1 Å². The molecule has 2 N–H and O–H groups in total. The lowest BCUT2D eigenvalue weighted by Gasteiger charge is -2.23. The van der Waals surface area contributed by atoms with Gasteiger partial charge in [0.1, 0.15) is 5.69 Å². The van der Waals surface area contributed by atoms with Crippen molar-refractivity contribution in [3.05, 3.63) is 80.3 Å². The molecule has 288 valence electrons. The Hall–Kier alpha value is -2.86. The molecule has 1 amide bonds. The topological polar surface area (TPSA) is 106 Å². The summed E-state index contributed by atoms with van der Waals surface area (Å²) < 4.78 is 25.6. The number of aliphatic imine (C=N–C) groups is 2. The van der Waals surface area contributed by atoms with Crippen LogP contribution in [0.5, 0.6) is 0 Å². The van der Waals surface area contributed by atoms with E-state index in [1.807, 2.05) is 42.2 Å². The fourth-order valence-electron chi connectivity index (χ4n) is 6.12. The highest BCUT2D eigenvalue weighted by Crippen LogP contribution is 2.38. The lowest BCUT2D eigenvalue weighted by molar-refractivity contribution is -0.112. The molecule has 9 nitrogen and oxygen atoms in total. The predicted octanol–water partition coefficient (Wildman–Crippen LogP) is 10.9. The number of sulfonamides is 1. The van der Waals surface area contributed by atoms with E-state index >= 15 is 0 Å². The van der Waals surface area contributed by atoms with E-state index in [4.69, 9.17) is 56.4 Å². The smallest absolute Gasteiger partial charge is 0.299 e. The van der Waals surface area contributed by atoms with Gasteiger partial charge in [-0.15, -0.1) is 0 Å². The molecule has 0 spiro atoms. The van der Waals surface area contributed by atoms with Gasteiger partial charge in [0.2, 0.25) is 10.0 Å². The monoisotopic (exact) mass is 822 g/mol. The molecular weight excluding hydrogens is 774 g/mol. The lowest BCUT2D eigenvalue weighted by atomic mass is 10.0. The summed E-state index contributed by atoms with van der Waals surface area (Å²) in [5.74, 6) is -0.342. The van der Waals surface area contributed by atoms with Gasteiger partial charge < -0.3 is 4.90 Å². The Kier molecular flexibility index (Phi) is 17.2. The van der Waals surface area contributed by atoms with Gasteiger partial charge in [-0.05, 0) is 73.9 Å². The molecule has 0 bridgehead atoms. The molecule has 1 fully saturated rings. The second kappa shape index (κ2) is 21.3. The minimum Gasteiger partial charge on any atom is -0.370 e.